The fourth-order valence-electron chi connectivity index (χ4n) is 5.31. The van der Waals surface area contributed by atoms with E-state index in [1.54, 1.807) is 0 Å². The van der Waals surface area contributed by atoms with Gasteiger partial charge in [0.2, 0.25) is 6.71 Å². The van der Waals surface area contributed by atoms with E-state index < -0.39 is 0 Å². The summed E-state index contributed by atoms with van der Waals surface area (Å²) in [5, 5.41) is 1.73. The molecule has 0 saturated heterocycles. The van der Waals surface area contributed by atoms with E-state index in [1.807, 2.05) is 0 Å². The third-order valence-electron chi connectivity index (χ3n) is 7.27. The number of rotatable bonds is 5. The van der Waals surface area contributed by atoms with Gasteiger partial charge in [-0.15, -0.1) is 0 Å². The SMILES string of the molecule is C.CB(c1ccc(-c2ccc([B]c3c(C)cc(C)c(Cl)c3C)cc2)cc1)c1c(C)cc(C)c(Cl)c1C. The maximum Gasteiger partial charge on any atom is 0.206 e. The normalized spacial score (nSPS) is 10.7. The van der Waals surface area contributed by atoms with Crippen LogP contribution < -0.4 is 21.9 Å². The fourth-order valence-corrected chi connectivity index (χ4v) is 5.62. The summed E-state index contributed by atoms with van der Waals surface area (Å²) in [6, 6.07) is 22.0. The number of benzene rings is 4. The molecule has 0 fully saturated rings. The van der Waals surface area contributed by atoms with Crippen LogP contribution >= 0.6 is 23.2 Å². The predicted molar refractivity (Wildman–Crippen MR) is 166 cm³/mol. The highest BCUT2D eigenvalue weighted by Crippen LogP contribution is 2.22. The zero-order valence-electron chi connectivity index (χ0n) is 21.7. The van der Waals surface area contributed by atoms with Crippen LogP contribution in [0.15, 0.2) is 60.7 Å². The van der Waals surface area contributed by atoms with Crippen molar-refractivity contribution in [3.63, 3.8) is 0 Å². The Morgan fingerprint density at radius 3 is 1.64 bits per heavy atom. The van der Waals surface area contributed by atoms with Crippen molar-refractivity contribution < 1.29 is 0 Å². The van der Waals surface area contributed by atoms with Gasteiger partial charge in [0.15, 0.2) is 7.28 Å². The van der Waals surface area contributed by atoms with E-state index in [2.05, 4.69) is 116 Å². The lowest BCUT2D eigenvalue weighted by molar-refractivity contribution is 1.35. The van der Waals surface area contributed by atoms with Crippen molar-refractivity contribution in [1.29, 1.82) is 0 Å². The average Bonchev–Trinajstić information content (AvgIpc) is 2.84. The lowest BCUT2D eigenvalue weighted by Crippen LogP contribution is -2.42. The molecule has 4 aromatic rings. The molecule has 0 heterocycles. The zero-order valence-corrected chi connectivity index (χ0v) is 23.2. The van der Waals surface area contributed by atoms with Crippen molar-refractivity contribution in [2.24, 2.45) is 0 Å². The topological polar surface area (TPSA) is 0 Å². The second-order valence-corrected chi connectivity index (χ2v) is 10.6. The molecule has 183 valence electrons. The van der Waals surface area contributed by atoms with E-state index >= 15 is 0 Å². The van der Waals surface area contributed by atoms with Crippen LogP contribution in [0.3, 0.4) is 0 Å². The molecule has 0 N–H and O–H groups in total. The molecule has 0 amide bonds. The third kappa shape index (κ3) is 5.46. The maximum absolute atomic E-state index is 6.58. The Labute approximate surface area is 229 Å². The number of halogens is 2. The van der Waals surface area contributed by atoms with Crippen LogP contribution in [-0.2, 0) is 0 Å². The molecule has 4 rings (SSSR count). The quantitative estimate of drug-likeness (QED) is 0.252. The first-order valence-electron chi connectivity index (χ1n) is 12.2. The van der Waals surface area contributed by atoms with Crippen molar-refractivity contribution in [2.75, 3.05) is 0 Å². The third-order valence-corrected chi connectivity index (χ3v) is 8.44. The van der Waals surface area contributed by atoms with E-state index in [9.17, 15) is 0 Å². The van der Waals surface area contributed by atoms with Crippen molar-refractivity contribution >= 4 is 59.0 Å². The summed E-state index contributed by atoms with van der Waals surface area (Å²) in [5.74, 6) is 0. The first kappa shape index (κ1) is 28.2. The smallest absolute Gasteiger partial charge is 0.0838 e. The van der Waals surface area contributed by atoms with Crippen LogP contribution in [0.1, 0.15) is 40.8 Å². The highest BCUT2D eigenvalue weighted by atomic mass is 35.5. The van der Waals surface area contributed by atoms with Gasteiger partial charge in [0, 0.05) is 10.0 Å². The van der Waals surface area contributed by atoms with Gasteiger partial charge in [-0.05, 0) is 74.9 Å². The second-order valence-electron chi connectivity index (χ2n) is 9.84. The molecule has 36 heavy (non-hydrogen) atoms. The van der Waals surface area contributed by atoms with Gasteiger partial charge in [-0.1, -0.05) is 131 Å². The number of hydrogen-bond acceptors (Lipinski definition) is 0. The molecule has 0 nitrogen and oxygen atoms in total. The molecule has 0 atom stereocenters. The van der Waals surface area contributed by atoms with Crippen LogP contribution in [0.4, 0.5) is 0 Å². The summed E-state index contributed by atoms with van der Waals surface area (Å²) in [4.78, 5) is 0. The Balaban J connectivity index is 0.00000361. The highest BCUT2D eigenvalue weighted by Gasteiger charge is 2.20. The largest absolute Gasteiger partial charge is 0.206 e. The zero-order chi connectivity index (χ0) is 25.4. The van der Waals surface area contributed by atoms with Crippen LogP contribution in [0.5, 0.6) is 0 Å². The van der Waals surface area contributed by atoms with E-state index in [1.165, 1.54) is 49.7 Å². The number of aryl methyl sites for hydroxylation is 4. The molecule has 0 saturated carbocycles. The van der Waals surface area contributed by atoms with Gasteiger partial charge in [0.1, 0.15) is 0 Å². The lowest BCUT2D eigenvalue weighted by Gasteiger charge is -2.19. The molecule has 0 aromatic heterocycles. The Kier molecular flexibility index (Phi) is 8.86. The minimum atomic E-state index is 0. The fraction of sp³-hybridized carbons (Fsp3) is 0.250. The predicted octanol–water partition coefficient (Wildman–Crippen LogP) is 7.04. The summed E-state index contributed by atoms with van der Waals surface area (Å²) in [7, 11) is 2.22. The summed E-state index contributed by atoms with van der Waals surface area (Å²) in [6.45, 7) is 15.2. The molecular formula is C32H35B2Cl2. The van der Waals surface area contributed by atoms with Crippen LogP contribution in [0.2, 0.25) is 16.9 Å². The lowest BCUT2D eigenvalue weighted by atomic mass is 9.41. The first-order chi connectivity index (χ1) is 16.6. The minimum absolute atomic E-state index is 0. The van der Waals surface area contributed by atoms with E-state index in [-0.39, 0.29) is 14.1 Å². The van der Waals surface area contributed by atoms with Crippen LogP contribution in [0, 0.1) is 41.5 Å². The van der Waals surface area contributed by atoms with Crippen LogP contribution in [0.25, 0.3) is 11.1 Å². The maximum atomic E-state index is 6.58. The standard InChI is InChI=1S/C31H31B2Cl2.CH4/c1-18-16-20(3)30(34)22(5)28(18)32-26-12-8-24(9-13-26)25-10-14-27(15-11-25)33(7)29-19(2)17-21(4)31(35)23(29)6;/h8-17H,1-7H3;1H4. The van der Waals surface area contributed by atoms with Gasteiger partial charge >= 0.3 is 0 Å². The van der Waals surface area contributed by atoms with Crippen LogP contribution in [-0.4, -0.2) is 14.0 Å². The first-order valence-corrected chi connectivity index (χ1v) is 12.9. The second kappa shape index (κ2) is 11.3. The molecule has 4 aromatic carbocycles. The minimum Gasteiger partial charge on any atom is -0.0838 e. The molecule has 0 spiro atoms. The molecule has 1 radical (unpaired) electrons. The monoisotopic (exact) mass is 511 g/mol. The van der Waals surface area contributed by atoms with Crippen molar-refractivity contribution in [2.45, 2.75) is 55.8 Å². The Bertz CT molecular complexity index is 1390. The summed E-state index contributed by atoms with van der Waals surface area (Å²) in [5.41, 5.74) is 14.6. The summed E-state index contributed by atoms with van der Waals surface area (Å²) < 4.78 is 0. The summed E-state index contributed by atoms with van der Waals surface area (Å²) in [6.07, 6.45) is 0. The van der Waals surface area contributed by atoms with Gasteiger partial charge in [-0.3, -0.25) is 0 Å². The van der Waals surface area contributed by atoms with Gasteiger partial charge in [-0.2, -0.15) is 0 Å². The van der Waals surface area contributed by atoms with E-state index in [0.29, 0.717) is 0 Å². The van der Waals surface area contributed by atoms with Crippen molar-refractivity contribution in [3.05, 3.63) is 104 Å². The Morgan fingerprint density at radius 2 is 1.08 bits per heavy atom. The summed E-state index contributed by atoms with van der Waals surface area (Å²) >= 11 is 13.1. The van der Waals surface area contributed by atoms with Crippen molar-refractivity contribution in [1.82, 2.24) is 0 Å². The van der Waals surface area contributed by atoms with Gasteiger partial charge in [0.05, 0.1) is 0 Å². The molecule has 0 aliphatic rings. The highest BCUT2D eigenvalue weighted by molar-refractivity contribution is 6.85. The molecule has 0 aliphatic heterocycles. The van der Waals surface area contributed by atoms with Gasteiger partial charge in [-0.25, -0.2) is 0 Å². The average molecular weight is 512 g/mol. The van der Waals surface area contributed by atoms with Crippen molar-refractivity contribution in [3.8, 4) is 11.1 Å². The molecule has 4 heteroatoms. The molecule has 0 unspecified atom stereocenters. The molecule has 0 aliphatic carbocycles. The number of hydrogen-bond donors (Lipinski definition) is 0. The van der Waals surface area contributed by atoms with Gasteiger partial charge in [0.25, 0.3) is 0 Å². The van der Waals surface area contributed by atoms with E-state index in [0.717, 1.165) is 26.7 Å². The molecular weight excluding hydrogens is 477 g/mol. The van der Waals surface area contributed by atoms with Gasteiger partial charge < -0.3 is 0 Å². The van der Waals surface area contributed by atoms with E-state index in [4.69, 9.17) is 23.2 Å². The molecule has 0 bridgehead atoms. The Morgan fingerprint density at radius 1 is 0.611 bits per heavy atom. The Hall–Kier alpha value is -2.41.